The molecular weight excluding hydrogens is 297 g/mol. The van der Waals surface area contributed by atoms with Gasteiger partial charge in [-0.05, 0) is 24.1 Å². The first-order chi connectivity index (χ1) is 9.47. The summed E-state index contributed by atoms with van der Waals surface area (Å²) in [4.78, 5) is 16.7. The molecule has 0 amide bonds. The van der Waals surface area contributed by atoms with Gasteiger partial charge in [-0.2, -0.15) is 0 Å². The summed E-state index contributed by atoms with van der Waals surface area (Å²) in [6.45, 7) is 3.84. The fourth-order valence-electron chi connectivity index (χ4n) is 1.69. The highest BCUT2D eigenvalue weighted by molar-refractivity contribution is 7.98. The Balaban J connectivity index is 2.14. The van der Waals surface area contributed by atoms with Gasteiger partial charge in [0, 0.05) is 4.90 Å². The van der Waals surface area contributed by atoms with Crippen molar-refractivity contribution in [1.82, 2.24) is 4.98 Å². The third-order valence-corrected chi connectivity index (χ3v) is 4.84. The number of hydrogen-bond donors (Lipinski definition) is 1. The zero-order valence-corrected chi connectivity index (χ0v) is 12.7. The topological polar surface area (TPSA) is 50.2 Å². The van der Waals surface area contributed by atoms with Gasteiger partial charge in [0.1, 0.15) is 15.7 Å². The molecule has 0 unspecified atom stereocenters. The minimum atomic E-state index is -0.937. The maximum Gasteiger partial charge on any atom is 0.347 e. The van der Waals surface area contributed by atoms with Gasteiger partial charge in [-0.15, -0.1) is 23.1 Å². The Labute approximate surface area is 124 Å². The first-order valence-electron chi connectivity index (χ1n) is 6.08. The van der Waals surface area contributed by atoms with Crippen LogP contribution in [0.25, 0.3) is 0 Å². The van der Waals surface area contributed by atoms with Crippen LogP contribution in [0.4, 0.5) is 4.39 Å². The van der Waals surface area contributed by atoms with E-state index in [0.29, 0.717) is 16.3 Å². The fourth-order valence-corrected chi connectivity index (χ4v) is 3.68. The van der Waals surface area contributed by atoms with Crippen molar-refractivity contribution in [3.05, 3.63) is 45.7 Å². The first kappa shape index (κ1) is 15.0. The SMILES string of the molecule is CC(C)c1nc(CSc2cccc(F)c2)sc1C(=O)O. The van der Waals surface area contributed by atoms with E-state index in [9.17, 15) is 9.18 Å². The minimum absolute atomic E-state index is 0.0743. The number of carbonyl (C=O) groups is 1. The van der Waals surface area contributed by atoms with Gasteiger partial charge in [-0.3, -0.25) is 0 Å². The minimum Gasteiger partial charge on any atom is -0.477 e. The Morgan fingerprint density at radius 2 is 2.25 bits per heavy atom. The number of hydrogen-bond acceptors (Lipinski definition) is 4. The number of thioether (sulfide) groups is 1. The van der Waals surface area contributed by atoms with E-state index >= 15 is 0 Å². The zero-order valence-electron chi connectivity index (χ0n) is 11.1. The molecule has 0 spiro atoms. The van der Waals surface area contributed by atoms with Gasteiger partial charge in [0.15, 0.2) is 0 Å². The summed E-state index contributed by atoms with van der Waals surface area (Å²) < 4.78 is 13.1. The van der Waals surface area contributed by atoms with Crippen molar-refractivity contribution in [2.45, 2.75) is 30.4 Å². The number of carboxylic acid groups (broad SMARTS) is 1. The third-order valence-electron chi connectivity index (χ3n) is 2.60. The smallest absolute Gasteiger partial charge is 0.347 e. The Hall–Kier alpha value is -1.40. The van der Waals surface area contributed by atoms with Crippen molar-refractivity contribution in [2.24, 2.45) is 0 Å². The largest absolute Gasteiger partial charge is 0.477 e. The molecule has 1 heterocycles. The Morgan fingerprint density at radius 1 is 1.50 bits per heavy atom. The van der Waals surface area contributed by atoms with Gasteiger partial charge in [0.2, 0.25) is 0 Å². The molecule has 2 aromatic rings. The Bertz CT molecular complexity index is 625. The predicted octanol–water partition coefficient (Wildman–Crippen LogP) is 4.40. The van der Waals surface area contributed by atoms with Crippen molar-refractivity contribution >= 4 is 29.1 Å². The van der Waals surface area contributed by atoms with E-state index in [0.717, 1.165) is 9.90 Å². The summed E-state index contributed by atoms with van der Waals surface area (Å²) in [5.74, 6) is -0.595. The van der Waals surface area contributed by atoms with Crippen LogP contribution < -0.4 is 0 Å². The summed E-state index contributed by atoms with van der Waals surface area (Å²) in [7, 11) is 0. The maximum atomic E-state index is 13.1. The molecule has 0 fully saturated rings. The summed E-state index contributed by atoms with van der Waals surface area (Å²) in [5, 5.41) is 9.91. The molecule has 1 N–H and O–H groups in total. The van der Waals surface area contributed by atoms with Crippen LogP contribution >= 0.6 is 23.1 Å². The van der Waals surface area contributed by atoms with Gasteiger partial charge in [0.25, 0.3) is 0 Å². The molecular formula is C14H14FNO2S2. The highest BCUT2D eigenvalue weighted by Gasteiger charge is 2.19. The molecule has 6 heteroatoms. The number of aromatic nitrogens is 1. The highest BCUT2D eigenvalue weighted by atomic mass is 32.2. The highest BCUT2D eigenvalue weighted by Crippen LogP contribution is 2.30. The number of rotatable bonds is 5. The van der Waals surface area contributed by atoms with Crippen molar-refractivity contribution in [1.29, 1.82) is 0 Å². The van der Waals surface area contributed by atoms with Gasteiger partial charge in [-0.1, -0.05) is 19.9 Å². The second-order valence-corrected chi connectivity index (χ2v) is 6.66. The molecule has 0 saturated carbocycles. The second kappa shape index (κ2) is 6.37. The number of aromatic carboxylic acids is 1. The molecule has 2 rings (SSSR count). The van der Waals surface area contributed by atoms with Crippen LogP contribution in [0.1, 0.15) is 40.1 Å². The fraction of sp³-hybridized carbons (Fsp3) is 0.286. The van der Waals surface area contributed by atoms with Gasteiger partial charge >= 0.3 is 5.97 Å². The number of carboxylic acids is 1. The van der Waals surface area contributed by atoms with E-state index in [1.54, 1.807) is 6.07 Å². The molecule has 3 nitrogen and oxygen atoms in total. The first-order valence-corrected chi connectivity index (χ1v) is 7.89. The van der Waals surface area contributed by atoms with E-state index in [1.807, 2.05) is 19.9 Å². The van der Waals surface area contributed by atoms with E-state index in [1.165, 1.54) is 35.2 Å². The van der Waals surface area contributed by atoms with Crippen LogP contribution in [0.2, 0.25) is 0 Å². The maximum absolute atomic E-state index is 13.1. The second-order valence-electron chi connectivity index (χ2n) is 4.53. The van der Waals surface area contributed by atoms with Gasteiger partial charge in [0.05, 0.1) is 11.4 Å². The van der Waals surface area contributed by atoms with Crippen molar-refractivity contribution in [3.8, 4) is 0 Å². The Morgan fingerprint density at radius 3 is 2.80 bits per heavy atom. The molecule has 0 radical (unpaired) electrons. The van der Waals surface area contributed by atoms with Crippen LogP contribution in [0.5, 0.6) is 0 Å². The van der Waals surface area contributed by atoms with Crippen LogP contribution in [-0.4, -0.2) is 16.1 Å². The molecule has 0 atom stereocenters. The predicted molar refractivity (Wildman–Crippen MR) is 79.1 cm³/mol. The lowest BCUT2D eigenvalue weighted by Gasteiger charge is -2.00. The van der Waals surface area contributed by atoms with E-state index in [-0.39, 0.29) is 11.7 Å². The number of benzene rings is 1. The zero-order chi connectivity index (χ0) is 14.7. The molecule has 0 aliphatic heterocycles. The van der Waals surface area contributed by atoms with Crippen molar-refractivity contribution < 1.29 is 14.3 Å². The molecule has 0 bridgehead atoms. The molecule has 1 aromatic heterocycles. The molecule has 20 heavy (non-hydrogen) atoms. The van der Waals surface area contributed by atoms with Gasteiger partial charge < -0.3 is 5.11 Å². The van der Waals surface area contributed by atoms with E-state index < -0.39 is 5.97 Å². The summed E-state index contributed by atoms with van der Waals surface area (Å²) >= 11 is 2.64. The normalized spacial score (nSPS) is 11.0. The lowest BCUT2D eigenvalue weighted by Crippen LogP contribution is -2.00. The van der Waals surface area contributed by atoms with Crippen LogP contribution in [0.15, 0.2) is 29.2 Å². The molecule has 0 saturated heterocycles. The standard InChI is InChI=1S/C14H14FNO2S2/c1-8(2)12-13(14(17)18)20-11(16-12)7-19-10-5-3-4-9(15)6-10/h3-6,8H,7H2,1-2H3,(H,17,18). The quantitative estimate of drug-likeness (QED) is 0.832. The van der Waals surface area contributed by atoms with Crippen LogP contribution in [0.3, 0.4) is 0 Å². The molecule has 106 valence electrons. The molecule has 0 aliphatic rings. The third kappa shape index (κ3) is 3.58. The summed E-state index contributed by atoms with van der Waals surface area (Å²) in [5.41, 5.74) is 0.623. The number of nitrogens with zero attached hydrogens (tertiary/aromatic N) is 1. The number of thiazole rings is 1. The van der Waals surface area contributed by atoms with E-state index in [4.69, 9.17) is 5.11 Å². The van der Waals surface area contributed by atoms with Crippen LogP contribution in [0, 0.1) is 5.82 Å². The Kier molecular flexibility index (Phi) is 4.77. The summed E-state index contributed by atoms with van der Waals surface area (Å²) in [6.07, 6.45) is 0. The van der Waals surface area contributed by atoms with Crippen molar-refractivity contribution in [3.63, 3.8) is 0 Å². The van der Waals surface area contributed by atoms with E-state index in [2.05, 4.69) is 4.98 Å². The van der Waals surface area contributed by atoms with Gasteiger partial charge in [-0.25, -0.2) is 14.2 Å². The van der Waals surface area contributed by atoms with Crippen LogP contribution in [-0.2, 0) is 5.75 Å². The average molecular weight is 311 g/mol. The van der Waals surface area contributed by atoms with Crippen molar-refractivity contribution in [2.75, 3.05) is 0 Å². The lowest BCUT2D eigenvalue weighted by atomic mass is 10.1. The number of halogens is 1. The molecule has 1 aromatic carbocycles. The average Bonchev–Trinajstić information content (AvgIpc) is 2.81. The summed E-state index contributed by atoms with van der Waals surface area (Å²) in [6, 6.07) is 6.33. The lowest BCUT2D eigenvalue weighted by molar-refractivity contribution is 0.0700. The monoisotopic (exact) mass is 311 g/mol. The molecule has 0 aliphatic carbocycles.